The number of allylic oxidation sites excluding steroid dienone is 1. The number of aliphatic hydroxyl groups is 2. The van der Waals surface area contributed by atoms with Gasteiger partial charge < -0.3 is 20.4 Å². The molecule has 4 atom stereocenters. The maximum absolute atomic E-state index is 12.4. The van der Waals surface area contributed by atoms with Gasteiger partial charge in [-0.15, -0.1) is 0 Å². The molecule has 0 saturated carbocycles. The molecule has 5 heteroatoms. The quantitative estimate of drug-likeness (QED) is 0.388. The Labute approximate surface area is 158 Å². The number of aliphatic hydroxyl groups excluding tert-OH is 2. The second-order valence-electron chi connectivity index (χ2n) is 8.00. The first-order valence-electron chi connectivity index (χ1n) is 10.7. The van der Waals surface area contributed by atoms with Crippen LogP contribution in [0.5, 0.6) is 0 Å². The minimum Gasteiger partial charge on any atom is -0.391 e. The summed E-state index contributed by atoms with van der Waals surface area (Å²) in [5.41, 5.74) is 0. The zero-order valence-corrected chi connectivity index (χ0v) is 16.4. The van der Waals surface area contributed by atoms with Crippen molar-refractivity contribution in [2.24, 2.45) is 5.92 Å². The van der Waals surface area contributed by atoms with Crippen LogP contribution in [0.25, 0.3) is 0 Å². The van der Waals surface area contributed by atoms with Crippen LogP contribution in [0.4, 0.5) is 0 Å². The van der Waals surface area contributed by atoms with Crippen LogP contribution in [-0.4, -0.2) is 58.9 Å². The second kappa shape index (κ2) is 11.7. The van der Waals surface area contributed by atoms with Crippen LogP contribution < -0.4 is 5.32 Å². The van der Waals surface area contributed by atoms with Crippen molar-refractivity contribution in [3.63, 3.8) is 0 Å². The Bertz CT molecular complexity index is 435. The van der Waals surface area contributed by atoms with Crippen LogP contribution in [0.2, 0.25) is 0 Å². The number of nitrogens with one attached hydrogen (secondary N) is 1. The molecular formula is C21H38N2O3. The number of carbonyl (C=O) groups excluding carboxylic acids is 1. The monoisotopic (exact) mass is 366 g/mol. The summed E-state index contributed by atoms with van der Waals surface area (Å²) < 4.78 is 0. The Balaban J connectivity index is 1.87. The van der Waals surface area contributed by atoms with Crippen molar-refractivity contribution in [2.45, 2.75) is 89.4 Å². The van der Waals surface area contributed by atoms with Gasteiger partial charge >= 0.3 is 0 Å². The average Bonchev–Trinajstić information content (AvgIpc) is 3.14. The third-order valence-electron chi connectivity index (χ3n) is 5.80. The van der Waals surface area contributed by atoms with Gasteiger partial charge in [0, 0.05) is 18.9 Å². The lowest BCUT2D eigenvalue weighted by molar-refractivity contribution is -0.123. The molecule has 1 amide bonds. The molecule has 5 nitrogen and oxygen atoms in total. The van der Waals surface area contributed by atoms with E-state index in [1.165, 1.54) is 32.1 Å². The van der Waals surface area contributed by atoms with Gasteiger partial charge in [0.25, 0.3) is 0 Å². The van der Waals surface area contributed by atoms with E-state index in [0.717, 1.165) is 38.8 Å². The van der Waals surface area contributed by atoms with Gasteiger partial charge in [-0.25, -0.2) is 0 Å². The standard InChI is InChI=1S/C21H38N2O3/c1-2-3-4-5-6-13-20(25)22-18(16-23-14-9-10-15-23)21(26)17-11-7-8-12-19(17)24/h8,12,17-19,21,24,26H,2-7,9-11,13-16H2,1H3,(H,22,25)/t17?,18-,19?,21-/m1/s1. The molecule has 150 valence electrons. The molecule has 0 aromatic carbocycles. The Morgan fingerprint density at radius 2 is 1.96 bits per heavy atom. The minimum atomic E-state index is -0.709. The molecule has 1 aliphatic heterocycles. The fraction of sp³-hybridized carbons (Fsp3) is 0.857. The van der Waals surface area contributed by atoms with Crippen molar-refractivity contribution in [1.29, 1.82) is 0 Å². The molecule has 0 aromatic rings. The predicted molar refractivity (Wildman–Crippen MR) is 105 cm³/mol. The number of nitrogens with zero attached hydrogens (tertiary/aromatic N) is 1. The zero-order valence-electron chi connectivity index (χ0n) is 16.4. The molecule has 1 fully saturated rings. The molecule has 26 heavy (non-hydrogen) atoms. The molecule has 0 spiro atoms. The highest BCUT2D eigenvalue weighted by molar-refractivity contribution is 5.76. The largest absolute Gasteiger partial charge is 0.391 e. The number of rotatable bonds is 11. The van der Waals surface area contributed by atoms with Crippen molar-refractivity contribution < 1.29 is 15.0 Å². The van der Waals surface area contributed by atoms with E-state index in [9.17, 15) is 15.0 Å². The van der Waals surface area contributed by atoms with E-state index in [2.05, 4.69) is 17.1 Å². The van der Waals surface area contributed by atoms with E-state index >= 15 is 0 Å². The lowest BCUT2D eigenvalue weighted by Crippen LogP contribution is -2.54. The Morgan fingerprint density at radius 1 is 1.23 bits per heavy atom. The summed E-state index contributed by atoms with van der Waals surface area (Å²) in [5, 5.41) is 24.2. The predicted octanol–water partition coefficient (Wildman–Crippen LogP) is 2.62. The summed E-state index contributed by atoms with van der Waals surface area (Å²) in [4.78, 5) is 14.7. The summed E-state index contributed by atoms with van der Waals surface area (Å²) >= 11 is 0. The molecule has 2 unspecified atom stereocenters. The summed E-state index contributed by atoms with van der Waals surface area (Å²) in [5.74, 6) is -0.164. The van der Waals surface area contributed by atoms with Gasteiger partial charge in [0.05, 0.1) is 18.2 Å². The molecule has 0 bridgehead atoms. The summed E-state index contributed by atoms with van der Waals surface area (Å²) in [6.07, 6.45) is 12.6. The smallest absolute Gasteiger partial charge is 0.220 e. The van der Waals surface area contributed by atoms with E-state index in [4.69, 9.17) is 0 Å². The topological polar surface area (TPSA) is 72.8 Å². The van der Waals surface area contributed by atoms with Crippen LogP contribution in [-0.2, 0) is 4.79 Å². The highest BCUT2D eigenvalue weighted by atomic mass is 16.3. The molecule has 0 radical (unpaired) electrons. The van der Waals surface area contributed by atoms with Gasteiger partial charge in [0.1, 0.15) is 0 Å². The van der Waals surface area contributed by atoms with Gasteiger partial charge in [0.15, 0.2) is 0 Å². The molecule has 3 N–H and O–H groups in total. The molecule has 0 aromatic heterocycles. The van der Waals surface area contributed by atoms with Gasteiger partial charge in [-0.05, 0) is 45.2 Å². The lowest BCUT2D eigenvalue weighted by Gasteiger charge is -2.35. The SMILES string of the molecule is CCCCCCCC(=O)N[C@H](CN1CCCC1)[C@H](O)C1CCC=CC1O. The third kappa shape index (κ3) is 7.01. The number of carbonyl (C=O) groups is 1. The van der Waals surface area contributed by atoms with Crippen LogP contribution in [0.1, 0.15) is 71.1 Å². The summed E-state index contributed by atoms with van der Waals surface area (Å²) in [6.45, 7) is 4.92. The van der Waals surface area contributed by atoms with Crippen molar-refractivity contribution in [1.82, 2.24) is 10.2 Å². The Hall–Kier alpha value is -0.910. The maximum Gasteiger partial charge on any atom is 0.220 e. The average molecular weight is 367 g/mol. The normalized spacial score (nSPS) is 26.0. The first-order valence-corrected chi connectivity index (χ1v) is 10.7. The molecular weight excluding hydrogens is 328 g/mol. The Kier molecular flexibility index (Phi) is 9.65. The number of hydrogen-bond acceptors (Lipinski definition) is 4. The Morgan fingerprint density at radius 3 is 2.65 bits per heavy atom. The third-order valence-corrected chi connectivity index (χ3v) is 5.80. The van der Waals surface area contributed by atoms with Crippen LogP contribution in [0.15, 0.2) is 12.2 Å². The molecule has 1 aliphatic carbocycles. The summed E-state index contributed by atoms with van der Waals surface area (Å²) in [7, 11) is 0. The second-order valence-corrected chi connectivity index (χ2v) is 8.00. The van der Waals surface area contributed by atoms with E-state index in [0.29, 0.717) is 13.0 Å². The van der Waals surface area contributed by atoms with E-state index in [1.807, 2.05) is 6.08 Å². The maximum atomic E-state index is 12.4. The van der Waals surface area contributed by atoms with Crippen molar-refractivity contribution in [2.75, 3.05) is 19.6 Å². The minimum absolute atomic E-state index is 0.0330. The molecule has 1 saturated heterocycles. The van der Waals surface area contributed by atoms with Gasteiger partial charge in [-0.1, -0.05) is 44.8 Å². The van der Waals surface area contributed by atoms with Gasteiger partial charge in [-0.2, -0.15) is 0 Å². The molecule has 1 heterocycles. The first kappa shape index (κ1) is 21.4. The molecule has 2 rings (SSSR count). The van der Waals surface area contributed by atoms with Crippen molar-refractivity contribution in [3.8, 4) is 0 Å². The number of hydrogen-bond donors (Lipinski definition) is 3. The molecule has 2 aliphatic rings. The van der Waals surface area contributed by atoms with E-state index < -0.39 is 12.2 Å². The van der Waals surface area contributed by atoms with Crippen LogP contribution >= 0.6 is 0 Å². The van der Waals surface area contributed by atoms with E-state index in [1.54, 1.807) is 6.08 Å². The van der Waals surface area contributed by atoms with Gasteiger partial charge in [0.2, 0.25) is 5.91 Å². The number of likely N-dealkylation sites (tertiary alicyclic amines) is 1. The first-order chi connectivity index (χ1) is 12.6. The van der Waals surface area contributed by atoms with Crippen LogP contribution in [0.3, 0.4) is 0 Å². The van der Waals surface area contributed by atoms with Crippen LogP contribution in [0, 0.1) is 5.92 Å². The summed E-state index contributed by atoms with van der Waals surface area (Å²) in [6, 6.07) is -0.303. The number of unbranched alkanes of at least 4 members (excludes halogenated alkanes) is 4. The zero-order chi connectivity index (χ0) is 18.8. The van der Waals surface area contributed by atoms with Gasteiger partial charge in [-0.3, -0.25) is 4.79 Å². The lowest BCUT2D eigenvalue weighted by atomic mass is 9.83. The van der Waals surface area contributed by atoms with Crippen molar-refractivity contribution >= 4 is 5.91 Å². The van der Waals surface area contributed by atoms with E-state index in [-0.39, 0.29) is 17.9 Å². The van der Waals surface area contributed by atoms with Crippen molar-refractivity contribution in [3.05, 3.63) is 12.2 Å². The number of amides is 1. The fourth-order valence-corrected chi connectivity index (χ4v) is 4.16. The highest BCUT2D eigenvalue weighted by Gasteiger charge is 2.34. The highest BCUT2D eigenvalue weighted by Crippen LogP contribution is 2.25. The fourth-order valence-electron chi connectivity index (χ4n) is 4.16.